The van der Waals surface area contributed by atoms with Crippen LogP contribution in [-0.4, -0.2) is 57.8 Å². The van der Waals surface area contributed by atoms with E-state index in [1.54, 1.807) is 18.4 Å². The largest absolute Gasteiger partial charge is 0.383 e. The van der Waals surface area contributed by atoms with Gasteiger partial charge in [-0.25, -0.2) is 4.99 Å². The molecule has 0 spiro atoms. The van der Waals surface area contributed by atoms with Gasteiger partial charge in [0.15, 0.2) is 5.96 Å². The second-order valence-electron chi connectivity index (χ2n) is 4.93. The second-order valence-corrected chi connectivity index (χ2v) is 6.30. The predicted molar refractivity (Wildman–Crippen MR) is 107 cm³/mol. The highest BCUT2D eigenvalue weighted by Crippen LogP contribution is 2.15. The molecule has 0 aliphatic rings. The second kappa shape index (κ2) is 13.1. The van der Waals surface area contributed by atoms with Gasteiger partial charge in [-0.15, -0.1) is 35.3 Å². The van der Waals surface area contributed by atoms with E-state index < -0.39 is 0 Å². The molecule has 0 bridgehead atoms. The number of ether oxygens (including phenoxy) is 1. The highest BCUT2D eigenvalue weighted by molar-refractivity contribution is 14.0. The van der Waals surface area contributed by atoms with Crippen LogP contribution in [0, 0.1) is 6.92 Å². The molecule has 0 radical (unpaired) electrons. The molecule has 0 aliphatic carbocycles. The Morgan fingerprint density at radius 3 is 2.68 bits per heavy atom. The van der Waals surface area contributed by atoms with Gasteiger partial charge in [0.2, 0.25) is 0 Å². The highest BCUT2D eigenvalue weighted by Gasteiger charge is 2.01. The first-order valence-corrected chi connectivity index (χ1v) is 8.22. The van der Waals surface area contributed by atoms with Crippen LogP contribution in [0.1, 0.15) is 16.7 Å². The lowest BCUT2D eigenvalue weighted by molar-refractivity contribution is 0.162. The molecule has 0 amide bonds. The monoisotopic (exact) mass is 440 g/mol. The number of likely N-dealkylation sites (N-methyl/N-ethyl adjacent to an activating group) is 1. The number of nitrogens with zero attached hydrogens (tertiary/aromatic N) is 2. The zero-order valence-electron chi connectivity index (χ0n) is 14.0. The average molecular weight is 440 g/mol. The number of hydrogen-bond acceptors (Lipinski definition) is 4. The Kier molecular flexibility index (Phi) is 12.9. The molecule has 1 aromatic rings. The zero-order chi connectivity index (χ0) is 15.5. The minimum atomic E-state index is 0. The summed E-state index contributed by atoms with van der Waals surface area (Å²) in [6, 6.07) is 4.28. The van der Waals surface area contributed by atoms with Crippen molar-refractivity contribution in [1.82, 2.24) is 15.5 Å². The van der Waals surface area contributed by atoms with Crippen LogP contribution in [0.4, 0.5) is 0 Å². The molecular formula is C15H29IN4OS. The Labute approximate surface area is 155 Å². The molecule has 0 saturated carbocycles. The third-order valence-corrected chi connectivity index (χ3v) is 3.98. The Morgan fingerprint density at radius 2 is 2.09 bits per heavy atom. The van der Waals surface area contributed by atoms with Crippen molar-refractivity contribution in [3.05, 3.63) is 21.9 Å². The van der Waals surface area contributed by atoms with Gasteiger partial charge < -0.3 is 20.3 Å². The molecule has 22 heavy (non-hydrogen) atoms. The van der Waals surface area contributed by atoms with E-state index in [0.717, 1.165) is 45.3 Å². The van der Waals surface area contributed by atoms with E-state index in [4.69, 9.17) is 4.74 Å². The highest BCUT2D eigenvalue weighted by atomic mass is 127. The first-order valence-electron chi connectivity index (χ1n) is 7.40. The molecule has 1 heterocycles. The van der Waals surface area contributed by atoms with Gasteiger partial charge in [0.1, 0.15) is 0 Å². The number of aryl methyl sites for hydroxylation is 1. The first kappa shape index (κ1) is 21.6. The van der Waals surface area contributed by atoms with Crippen molar-refractivity contribution in [2.75, 3.05) is 46.9 Å². The maximum atomic E-state index is 5.07. The van der Waals surface area contributed by atoms with Gasteiger partial charge in [0, 0.05) is 43.0 Å². The van der Waals surface area contributed by atoms with E-state index in [9.17, 15) is 0 Å². The fraction of sp³-hybridized carbons (Fsp3) is 0.667. The Bertz CT molecular complexity index is 425. The van der Waals surface area contributed by atoms with Crippen molar-refractivity contribution in [1.29, 1.82) is 0 Å². The van der Waals surface area contributed by atoms with Crippen molar-refractivity contribution >= 4 is 41.3 Å². The maximum absolute atomic E-state index is 5.07. The van der Waals surface area contributed by atoms with Crippen molar-refractivity contribution < 1.29 is 4.74 Å². The third kappa shape index (κ3) is 9.60. The van der Waals surface area contributed by atoms with Crippen LogP contribution in [0.2, 0.25) is 0 Å². The number of guanidine groups is 1. The molecule has 0 aliphatic heterocycles. The van der Waals surface area contributed by atoms with Gasteiger partial charge in [-0.05, 0) is 33.0 Å². The lowest BCUT2D eigenvalue weighted by Crippen LogP contribution is -2.41. The van der Waals surface area contributed by atoms with E-state index in [2.05, 4.69) is 53.6 Å². The topological polar surface area (TPSA) is 48.9 Å². The number of thiophene rings is 1. The minimum Gasteiger partial charge on any atom is -0.383 e. The fourth-order valence-electron chi connectivity index (χ4n) is 1.79. The summed E-state index contributed by atoms with van der Waals surface area (Å²) < 4.78 is 5.07. The van der Waals surface area contributed by atoms with Crippen LogP contribution in [0.15, 0.2) is 17.1 Å². The third-order valence-electron chi connectivity index (χ3n) is 3.00. The van der Waals surface area contributed by atoms with Gasteiger partial charge in [-0.1, -0.05) is 0 Å². The summed E-state index contributed by atoms with van der Waals surface area (Å²) in [7, 11) is 3.83. The molecule has 2 N–H and O–H groups in total. The smallest absolute Gasteiger partial charge is 0.191 e. The molecule has 0 fully saturated rings. The minimum absolute atomic E-state index is 0. The number of aliphatic imine (C=N–C) groups is 1. The summed E-state index contributed by atoms with van der Waals surface area (Å²) in [6.45, 7) is 9.35. The number of hydrogen-bond donors (Lipinski definition) is 2. The van der Waals surface area contributed by atoms with E-state index in [0.29, 0.717) is 0 Å². The van der Waals surface area contributed by atoms with Crippen molar-refractivity contribution in [2.24, 2.45) is 4.99 Å². The van der Waals surface area contributed by atoms with Crippen molar-refractivity contribution in [3.8, 4) is 0 Å². The lowest BCUT2D eigenvalue weighted by atomic mass is 10.4. The van der Waals surface area contributed by atoms with E-state index in [1.165, 1.54) is 9.75 Å². The standard InChI is InChI=1S/C15H28N4OS.HI/c1-5-16-15(17-8-9-19(3)10-11-20-4)18-12-14-7-6-13(2)21-14;/h6-7H,5,8-12H2,1-4H3,(H2,16,17,18);1H. The van der Waals surface area contributed by atoms with E-state index in [-0.39, 0.29) is 24.0 Å². The first-order chi connectivity index (χ1) is 10.2. The van der Waals surface area contributed by atoms with Crippen LogP contribution in [-0.2, 0) is 11.3 Å². The normalized spacial score (nSPS) is 11.4. The number of methoxy groups -OCH3 is 1. The summed E-state index contributed by atoms with van der Waals surface area (Å²) in [4.78, 5) is 9.48. The summed E-state index contributed by atoms with van der Waals surface area (Å²) in [5.74, 6) is 0.878. The summed E-state index contributed by atoms with van der Waals surface area (Å²) in [5.41, 5.74) is 0. The Hall–Kier alpha value is -0.380. The number of rotatable bonds is 9. The van der Waals surface area contributed by atoms with Gasteiger partial charge in [-0.3, -0.25) is 0 Å². The van der Waals surface area contributed by atoms with Gasteiger partial charge in [0.05, 0.1) is 13.2 Å². The average Bonchev–Trinajstić information content (AvgIpc) is 2.88. The molecule has 0 unspecified atom stereocenters. The van der Waals surface area contributed by atoms with Crippen molar-refractivity contribution in [2.45, 2.75) is 20.4 Å². The molecule has 1 rings (SSSR count). The molecule has 0 saturated heterocycles. The summed E-state index contributed by atoms with van der Waals surface area (Å²) in [6.07, 6.45) is 0. The van der Waals surface area contributed by atoms with Gasteiger partial charge >= 0.3 is 0 Å². The van der Waals surface area contributed by atoms with E-state index >= 15 is 0 Å². The summed E-state index contributed by atoms with van der Waals surface area (Å²) in [5, 5.41) is 6.64. The number of nitrogens with one attached hydrogen (secondary N) is 2. The van der Waals surface area contributed by atoms with Crippen LogP contribution < -0.4 is 10.6 Å². The molecule has 0 aromatic carbocycles. The fourth-order valence-corrected chi connectivity index (χ4v) is 2.61. The van der Waals surface area contributed by atoms with Gasteiger partial charge in [-0.2, -0.15) is 0 Å². The number of halogens is 1. The Balaban J connectivity index is 0.00000441. The molecule has 0 atom stereocenters. The molecule has 7 heteroatoms. The molecule has 1 aromatic heterocycles. The van der Waals surface area contributed by atoms with Crippen LogP contribution in [0.3, 0.4) is 0 Å². The van der Waals surface area contributed by atoms with Crippen LogP contribution in [0.25, 0.3) is 0 Å². The SMILES string of the molecule is CCNC(=NCc1ccc(C)s1)NCCN(C)CCOC.I. The van der Waals surface area contributed by atoms with Crippen LogP contribution >= 0.6 is 35.3 Å². The van der Waals surface area contributed by atoms with E-state index in [1.807, 2.05) is 0 Å². The van der Waals surface area contributed by atoms with Crippen molar-refractivity contribution in [3.63, 3.8) is 0 Å². The quantitative estimate of drug-likeness (QED) is 0.352. The van der Waals surface area contributed by atoms with Gasteiger partial charge in [0.25, 0.3) is 0 Å². The predicted octanol–water partition coefficient (Wildman–Crippen LogP) is 2.31. The molecular weight excluding hydrogens is 411 g/mol. The van der Waals surface area contributed by atoms with Crippen LogP contribution in [0.5, 0.6) is 0 Å². The Morgan fingerprint density at radius 1 is 1.32 bits per heavy atom. The molecule has 128 valence electrons. The summed E-state index contributed by atoms with van der Waals surface area (Å²) >= 11 is 1.80. The molecule has 5 nitrogen and oxygen atoms in total. The maximum Gasteiger partial charge on any atom is 0.191 e. The lowest BCUT2D eigenvalue weighted by Gasteiger charge is -2.17. The zero-order valence-corrected chi connectivity index (χ0v) is 17.2.